The molecule has 0 saturated carbocycles. The summed E-state index contributed by atoms with van der Waals surface area (Å²) in [5.41, 5.74) is 0.252. The number of para-hydroxylation sites is 1. The zero-order valence-corrected chi connectivity index (χ0v) is 11.7. The number of aromatic hydroxyl groups is 1. The summed E-state index contributed by atoms with van der Waals surface area (Å²) in [4.78, 5) is 11.8. The first-order valence-corrected chi connectivity index (χ1v) is 6.54. The number of methoxy groups -OCH3 is 1. The van der Waals surface area contributed by atoms with E-state index in [0.717, 1.165) is 5.75 Å². The lowest BCUT2D eigenvalue weighted by atomic mass is 10.2. The molecule has 1 amide bonds. The summed E-state index contributed by atoms with van der Waals surface area (Å²) >= 11 is 0. The Morgan fingerprint density at radius 1 is 1.10 bits per heavy atom. The number of ether oxygens (including phenoxy) is 2. The van der Waals surface area contributed by atoms with Gasteiger partial charge in [-0.15, -0.1) is 0 Å². The number of phenolic OH excluding ortho intramolecular Hbond substituents is 1. The van der Waals surface area contributed by atoms with Gasteiger partial charge in [0, 0.05) is 0 Å². The van der Waals surface area contributed by atoms with Crippen LogP contribution in [0.15, 0.2) is 48.5 Å². The molecule has 110 valence electrons. The van der Waals surface area contributed by atoms with Gasteiger partial charge in [-0.1, -0.05) is 12.1 Å². The van der Waals surface area contributed by atoms with E-state index < -0.39 is 0 Å². The molecule has 0 fully saturated rings. The summed E-state index contributed by atoms with van der Waals surface area (Å²) < 4.78 is 10.5. The third-order valence-electron chi connectivity index (χ3n) is 2.86. The molecule has 2 rings (SSSR count). The van der Waals surface area contributed by atoms with Crippen molar-refractivity contribution in [2.45, 2.75) is 0 Å². The lowest BCUT2D eigenvalue weighted by Crippen LogP contribution is -2.28. The van der Waals surface area contributed by atoms with Gasteiger partial charge in [-0.05, 0) is 36.4 Å². The number of hydrogen-bond donors (Lipinski definition) is 2. The molecule has 0 radical (unpaired) electrons. The van der Waals surface area contributed by atoms with Crippen molar-refractivity contribution in [2.24, 2.45) is 0 Å². The molecule has 0 heterocycles. The second-order valence-electron chi connectivity index (χ2n) is 4.30. The summed E-state index contributed by atoms with van der Waals surface area (Å²) in [7, 11) is 1.60. The van der Waals surface area contributed by atoms with Crippen LogP contribution in [0.4, 0.5) is 0 Å². The van der Waals surface area contributed by atoms with Crippen molar-refractivity contribution in [1.82, 2.24) is 5.32 Å². The van der Waals surface area contributed by atoms with Crippen LogP contribution in [0.25, 0.3) is 0 Å². The number of benzene rings is 2. The summed E-state index contributed by atoms with van der Waals surface area (Å²) in [6.45, 7) is 0.685. The molecule has 21 heavy (non-hydrogen) atoms. The molecule has 0 saturated heterocycles. The van der Waals surface area contributed by atoms with Crippen LogP contribution in [-0.2, 0) is 0 Å². The van der Waals surface area contributed by atoms with Crippen LogP contribution in [0.3, 0.4) is 0 Å². The Balaban J connectivity index is 1.76. The Hall–Kier alpha value is -2.69. The van der Waals surface area contributed by atoms with Gasteiger partial charge in [0.25, 0.3) is 5.91 Å². The van der Waals surface area contributed by atoms with Crippen LogP contribution in [-0.4, -0.2) is 31.3 Å². The predicted octanol–water partition coefficient (Wildman–Crippen LogP) is 2.21. The van der Waals surface area contributed by atoms with Crippen LogP contribution >= 0.6 is 0 Å². The fraction of sp³-hybridized carbons (Fsp3) is 0.188. The molecule has 0 aliphatic heterocycles. The van der Waals surface area contributed by atoms with Gasteiger partial charge in [0.05, 0.1) is 19.2 Å². The van der Waals surface area contributed by atoms with E-state index in [0.29, 0.717) is 18.9 Å². The monoisotopic (exact) mass is 287 g/mol. The predicted molar refractivity (Wildman–Crippen MR) is 78.9 cm³/mol. The first-order chi connectivity index (χ1) is 10.2. The van der Waals surface area contributed by atoms with Gasteiger partial charge in [-0.3, -0.25) is 4.79 Å². The van der Waals surface area contributed by atoms with Gasteiger partial charge >= 0.3 is 0 Å². The summed E-state index contributed by atoms with van der Waals surface area (Å²) in [6, 6.07) is 13.6. The molecule has 5 heteroatoms. The third-order valence-corrected chi connectivity index (χ3v) is 2.86. The Morgan fingerprint density at radius 2 is 1.76 bits per heavy atom. The second kappa shape index (κ2) is 7.19. The highest BCUT2D eigenvalue weighted by atomic mass is 16.5. The molecule has 0 spiro atoms. The molecule has 0 aliphatic carbocycles. The molecule has 2 N–H and O–H groups in total. The number of rotatable bonds is 6. The van der Waals surface area contributed by atoms with Crippen molar-refractivity contribution >= 4 is 5.91 Å². The van der Waals surface area contributed by atoms with Gasteiger partial charge < -0.3 is 19.9 Å². The number of nitrogens with one attached hydrogen (secondary N) is 1. The molecule has 0 atom stereocenters. The van der Waals surface area contributed by atoms with Gasteiger partial charge in [0.1, 0.15) is 23.9 Å². The Kier molecular flexibility index (Phi) is 5.04. The van der Waals surface area contributed by atoms with E-state index >= 15 is 0 Å². The van der Waals surface area contributed by atoms with E-state index in [-0.39, 0.29) is 17.2 Å². The van der Waals surface area contributed by atoms with E-state index in [1.165, 1.54) is 6.07 Å². The van der Waals surface area contributed by atoms with Gasteiger partial charge in [0.2, 0.25) is 0 Å². The van der Waals surface area contributed by atoms with Crippen LogP contribution < -0.4 is 14.8 Å². The van der Waals surface area contributed by atoms with E-state index in [1.54, 1.807) is 49.6 Å². The summed E-state index contributed by atoms with van der Waals surface area (Å²) in [5.74, 6) is 1.10. The standard InChI is InChI=1S/C16H17NO4/c1-20-12-6-8-13(9-7-12)21-11-10-17-16(19)14-4-2-3-5-15(14)18/h2-9,18H,10-11H2,1H3,(H,17,19). The second-order valence-corrected chi connectivity index (χ2v) is 4.30. The Morgan fingerprint density at radius 3 is 2.43 bits per heavy atom. The van der Waals surface area contributed by atoms with Crippen molar-refractivity contribution in [3.8, 4) is 17.2 Å². The molecule has 0 unspecified atom stereocenters. The molecule has 2 aromatic rings. The highest BCUT2D eigenvalue weighted by Crippen LogP contribution is 2.17. The zero-order chi connectivity index (χ0) is 15.1. The average Bonchev–Trinajstić information content (AvgIpc) is 2.52. The first-order valence-electron chi connectivity index (χ1n) is 6.54. The maximum Gasteiger partial charge on any atom is 0.255 e. The molecule has 0 bridgehead atoms. The minimum absolute atomic E-state index is 0.0360. The summed E-state index contributed by atoms with van der Waals surface area (Å²) in [6.07, 6.45) is 0. The number of carbonyl (C=O) groups excluding carboxylic acids is 1. The van der Waals surface area contributed by atoms with Crippen molar-refractivity contribution < 1.29 is 19.4 Å². The molecule has 5 nitrogen and oxygen atoms in total. The van der Waals surface area contributed by atoms with Crippen molar-refractivity contribution in [1.29, 1.82) is 0 Å². The zero-order valence-electron chi connectivity index (χ0n) is 11.7. The lowest BCUT2D eigenvalue weighted by Gasteiger charge is -2.09. The van der Waals surface area contributed by atoms with Crippen LogP contribution in [0.2, 0.25) is 0 Å². The normalized spacial score (nSPS) is 9.95. The highest BCUT2D eigenvalue weighted by Gasteiger charge is 2.08. The van der Waals surface area contributed by atoms with E-state index in [9.17, 15) is 9.90 Å². The first kappa shape index (κ1) is 14.7. The van der Waals surface area contributed by atoms with E-state index in [2.05, 4.69) is 5.32 Å². The van der Waals surface area contributed by atoms with Crippen molar-refractivity contribution in [3.05, 3.63) is 54.1 Å². The Bertz CT molecular complexity index is 595. The minimum Gasteiger partial charge on any atom is -0.507 e. The lowest BCUT2D eigenvalue weighted by molar-refractivity contribution is 0.0944. The third kappa shape index (κ3) is 4.14. The van der Waals surface area contributed by atoms with Crippen LogP contribution in [0, 0.1) is 0 Å². The van der Waals surface area contributed by atoms with Gasteiger partial charge in [0.15, 0.2) is 0 Å². The Labute approximate surface area is 123 Å². The maximum atomic E-state index is 11.8. The quantitative estimate of drug-likeness (QED) is 0.799. The van der Waals surface area contributed by atoms with Crippen molar-refractivity contribution in [2.75, 3.05) is 20.3 Å². The number of carbonyl (C=O) groups is 1. The van der Waals surface area contributed by atoms with Gasteiger partial charge in [-0.25, -0.2) is 0 Å². The minimum atomic E-state index is -0.327. The fourth-order valence-corrected chi connectivity index (χ4v) is 1.77. The van der Waals surface area contributed by atoms with Crippen LogP contribution in [0.5, 0.6) is 17.2 Å². The summed E-state index contributed by atoms with van der Waals surface area (Å²) in [5, 5.41) is 12.2. The number of phenols is 1. The topological polar surface area (TPSA) is 67.8 Å². The fourth-order valence-electron chi connectivity index (χ4n) is 1.77. The van der Waals surface area contributed by atoms with Gasteiger partial charge in [-0.2, -0.15) is 0 Å². The highest BCUT2D eigenvalue weighted by molar-refractivity contribution is 5.96. The largest absolute Gasteiger partial charge is 0.507 e. The molecule has 2 aromatic carbocycles. The smallest absolute Gasteiger partial charge is 0.255 e. The number of amides is 1. The molecular weight excluding hydrogens is 270 g/mol. The maximum absolute atomic E-state index is 11.8. The number of hydrogen-bond acceptors (Lipinski definition) is 4. The van der Waals surface area contributed by atoms with E-state index in [4.69, 9.17) is 9.47 Å². The van der Waals surface area contributed by atoms with Crippen molar-refractivity contribution in [3.63, 3.8) is 0 Å². The van der Waals surface area contributed by atoms with Crippen LogP contribution in [0.1, 0.15) is 10.4 Å². The SMILES string of the molecule is COc1ccc(OCCNC(=O)c2ccccc2O)cc1. The van der Waals surface area contributed by atoms with E-state index in [1.807, 2.05) is 0 Å². The molecule has 0 aliphatic rings. The average molecular weight is 287 g/mol. The molecular formula is C16H17NO4. The molecule has 0 aromatic heterocycles.